The van der Waals surface area contributed by atoms with Crippen molar-refractivity contribution in [2.45, 2.75) is 31.8 Å². The highest BCUT2D eigenvalue weighted by atomic mass is 35.5. The third-order valence-corrected chi connectivity index (χ3v) is 6.12. The van der Waals surface area contributed by atoms with Gasteiger partial charge < -0.3 is 14.8 Å². The number of benzene rings is 1. The van der Waals surface area contributed by atoms with Gasteiger partial charge in [0.1, 0.15) is 0 Å². The molecule has 150 valence electrons. The second-order valence-electron chi connectivity index (χ2n) is 7.80. The van der Waals surface area contributed by atoms with Crippen LogP contribution in [0.3, 0.4) is 0 Å². The minimum absolute atomic E-state index is 0.0776. The van der Waals surface area contributed by atoms with Crippen molar-refractivity contribution in [2.24, 2.45) is 0 Å². The van der Waals surface area contributed by atoms with E-state index >= 15 is 0 Å². The first-order valence-corrected chi connectivity index (χ1v) is 10.7. The number of fused-ring (bicyclic) bond motifs is 1. The number of nitrogens with one attached hydrogen (secondary N) is 1. The Kier molecular flexibility index (Phi) is 6.35. The maximum absolute atomic E-state index is 12.6. The monoisotopic (exact) mass is 400 g/mol. The molecule has 2 aliphatic heterocycles. The molecule has 0 aliphatic carbocycles. The smallest absolute Gasteiger partial charge is 0.234 e. The lowest BCUT2D eigenvalue weighted by molar-refractivity contribution is -0.122. The van der Waals surface area contributed by atoms with Crippen molar-refractivity contribution in [1.82, 2.24) is 19.7 Å². The van der Waals surface area contributed by atoms with Crippen LogP contribution in [0.25, 0.3) is 0 Å². The number of amides is 1. The third-order valence-electron chi connectivity index (χ3n) is 5.87. The number of rotatable bonds is 6. The van der Waals surface area contributed by atoms with Crippen LogP contribution in [0.15, 0.2) is 42.6 Å². The topological polar surface area (TPSA) is 40.5 Å². The standard InChI is InChI=1S/C22H29ClN4O/c23-19-8-6-18(7-9-19)22-20-5-4-13-26(20)15-16-27(22)17-21(28)24-10-14-25-11-2-1-3-12-25/h4-9,13,22H,1-3,10-12,14-17H2,(H,24,28). The van der Waals surface area contributed by atoms with E-state index in [4.69, 9.17) is 11.6 Å². The van der Waals surface area contributed by atoms with E-state index in [1.165, 1.54) is 30.5 Å². The van der Waals surface area contributed by atoms with E-state index in [0.29, 0.717) is 6.54 Å². The van der Waals surface area contributed by atoms with E-state index in [1.807, 2.05) is 12.1 Å². The SMILES string of the molecule is O=C(CN1CCn2cccc2C1c1ccc(Cl)cc1)NCCN1CCCCC1. The van der Waals surface area contributed by atoms with Crippen molar-refractivity contribution >= 4 is 17.5 Å². The van der Waals surface area contributed by atoms with Gasteiger partial charge >= 0.3 is 0 Å². The van der Waals surface area contributed by atoms with E-state index in [9.17, 15) is 4.79 Å². The minimum Gasteiger partial charge on any atom is -0.354 e. The first-order chi connectivity index (χ1) is 13.7. The number of aromatic nitrogens is 1. The molecule has 2 aromatic rings. The number of piperidine rings is 1. The number of hydrogen-bond donors (Lipinski definition) is 1. The molecule has 1 saturated heterocycles. The fourth-order valence-electron chi connectivity index (χ4n) is 4.41. The van der Waals surface area contributed by atoms with Crippen LogP contribution in [0.2, 0.25) is 5.02 Å². The van der Waals surface area contributed by atoms with Gasteiger partial charge in [0, 0.05) is 43.1 Å². The van der Waals surface area contributed by atoms with Crippen LogP contribution < -0.4 is 5.32 Å². The van der Waals surface area contributed by atoms with Crippen LogP contribution in [0.4, 0.5) is 0 Å². The lowest BCUT2D eigenvalue weighted by Gasteiger charge is -2.37. The first kappa shape index (κ1) is 19.5. The van der Waals surface area contributed by atoms with Crippen molar-refractivity contribution in [3.63, 3.8) is 0 Å². The van der Waals surface area contributed by atoms with Crippen molar-refractivity contribution in [2.75, 3.05) is 39.3 Å². The zero-order valence-electron chi connectivity index (χ0n) is 16.3. The maximum Gasteiger partial charge on any atom is 0.234 e. The zero-order chi connectivity index (χ0) is 19.3. The molecule has 28 heavy (non-hydrogen) atoms. The Bertz CT molecular complexity index is 782. The summed E-state index contributed by atoms with van der Waals surface area (Å²) in [5, 5.41) is 3.86. The molecule has 1 amide bonds. The van der Waals surface area contributed by atoms with Crippen LogP contribution in [0, 0.1) is 0 Å². The average Bonchev–Trinajstić information content (AvgIpc) is 3.18. The van der Waals surface area contributed by atoms with Gasteiger partial charge in [-0.25, -0.2) is 0 Å². The Balaban J connectivity index is 1.39. The van der Waals surface area contributed by atoms with E-state index in [-0.39, 0.29) is 11.9 Å². The highest BCUT2D eigenvalue weighted by Crippen LogP contribution is 2.32. The molecule has 6 heteroatoms. The molecule has 3 heterocycles. The summed E-state index contributed by atoms with van der Waals surface area (Å²) >= 11 is 6.08. The summed E-state index contributed by atoms with van der Waals surface area (Å²) in [6.45, 7) is 6.19. The Morgan fingerprint density at radius 2 is 1.82 bits per heavy atom. The summed E-state index contributed by atoms with van der Waals surface area (Å²) in [6.07, 6.45) is 6.02. The zero-order valence-corrected chi connectivity index (χ0v) is 17.1. The second-order valence-corrected chi connectivity index (χ2v) is 8.24. The van der Waals surface area contributed by atoms with Crippen molar-refractivity contribution in [3.8, 4) is 0 Å². The molecular weight excluding hydrogens is 372 g/mol. The molecular formula is C22H29ClN4O. The molecule has 5 nitrogen and oxygen atoms in total. The van der Waals surface area contributed by atoms with Gasteiger partial charge in [0.25, 0.3) is 0 Å². The molecule has 1 unspecified atom stereocenters. The molecule has 2 aliphatic rings. The van der Waals surface area contributed by atoms with Crippen LogP contribution in [0.5, 0.6) is 0 Å². The fraction of sp³-hybridized carbons (Fsp3) is 0.500. The van der Waals surface area contributed by atoms with Crippen molar-refractivity contribution in [3.05, 3.63) is 58.9 Å². The summed E-state index contributed by atoms with van der Waals surface area (Å²) in [5.74, 6) is 0.107. The molecule has 4 rings (SSSR count). The first-order valence-electron chi connectivity index (χ1n) is 10.3. The number of carbonyl (C=O) groups is 1. The average molecular weight is 401 g/mol. The Morgan fingerprint density at radius 3 is 2.61 bits per heavy atom. The number of hydrogen-bond acceptors (Lipinski definition) is 3. The van der Waals surface area contributed by atoms with Crippen molar-refractivity contribution < 1.29 is 4.79 Å². The Morgan fingerprint density at radius 1 is 1.04 bits per heavy atom. The molecule has 1 fully saturated rings. The van der Waals surface area contributed by atoms with Crippen molar-refractivity contribution in [1.29, 1.82) is 0 Å². The summed E-state index contributed by atoms with van der Waals surface area (Å²) in [6, 6.07) is 12.3. The Hall–Kier alpha value is -1.82. The van der Waals surface area contributed by atoms with Crippen LogP contribution >= 0.6 is 11.6 Å². The normalized spacial score (nSPS) is 20.7. The van der Waals surface area contributed by atoms with Gasteiger partial charge in [0.05, 0.1) is 12.6 Å². The lowest BCUT2D eigenvalue weighted by atomic mass is 10.00. The molecule has 0 bridgehead atoms. The minimum atomic E-state index is 0.0776. The van der Waals surface area contributed by atoms with Gasteiger partial charge in [0.15, 0.2) is 0 Å². The highest BCUT2D eigenvalue weighted by molar-refractivity contribution is 6.30. The second kappa shape index (κ2) is 9.12. The number of likely N-dealkylation sites (tertiary alicyclic amines) is 1. The van der Waals surface area contributed by atoms with Crippen LogP contribution in [-0.2, 0) is 11.3 Å². The van der Waals surface area contributed by atoms with E-state index in [0.717, 1.165) is 44.3 Å². The number of halogens is 1. The number of nitrogens with zero attached hydrogens (tertiary/aromatic N) is 3. The summed E-state index contributed by atoms with van der Waals surface area (Å²) in [5.41, 5.74) is 2.40. The fourth-order valence-corrected chi connectivity index (χ4v) is 4.53. The summed E-state index contributed by atoms with van der Waals surface area (Å²) < 4.78 is 2.28. The molecule has 0 spiro atoms. The predicted molar refractivity (Wildman–Crippen MR) is 113 cm³/mol. The number of carbonyl (C=O) groups excluding carboxylic acids is 1. The molecule has 1 aromatic heterocycles. The predicted octanol–water partition coefficient (Wildman–Crippen LogP) is 3.15. The van der Waals surface area contributed by atoms with E-state index in [1.54, 1.807) is 0 Å². The van der Waals surface area contributed by atoms with E-state index in [2.05, 4.69) is 50.1 Å². The van der Waals surface area contributed by atoms with Gasteiger partial charge in [-0.1, -0.05) is 30.2 Å². The lowest BCUT2D eigenvalue weighted by Crippen LogP contribution is -2.45. The summed E-state index contributed by atoms with van der Waals surface area (Å²) in [4.78, 5) is 17.4. The van der Waals surface area contributed by atoms with Crippen LogP contribution in [0.1, 0.15) is 36.6 Å². The van der Waals surface area contributed by atoms with Gasteiger partial charge in [-0.05, 0) is 55.8 Å². The van der Waals surface area contributed by atoms with Gasteiger partial charge in [-0.15, -0.1) is 0 Å². The molecule has 0 radical (unpaired) electrons. The largest absolute Gasteiger partial charge is 0.354 e. The molecule has 1 N–H and O–H groups in total. The van der Waals surface area contributed by atoms with Gasteiger partial charge in [-0.2, -0.15) is 0 Å². The van der Waals surface area contributed by atoms with Gasteiger partial charge in [0.2, 0.25) is 5.91 Å². The Labute approximate surface area is 172 Å². The van der Waals surface area contributed by atoms with E-state index < -0.39 is 0 Å². The molecule has 1 aromatic carbocycles. The highest BCUT2D eigenvalue weighted by Gasteiger charge is 2.30. The quantitative estimate of drug-likeness (QED) is 0.809. The molecule has 1 atom stereocenters. The summed E-state index contributed by atoms with van der Waals surface area (Å²) in [7, 11) is 0. The maximum atomic E-state index is 12.6. The third kappa shape index (κ3) is 4.59. The molecule has 0 saturated carbocycles. The van der Waals surface area contributed by atoms with Gasteiger partial charge in [-0.3, -0.25) is 9.69 Å². The van der Waals surface area contributed by atoms with Crippen LogP contribution in [-0.4, -0.2) is 59.5 Å².